The highest BCUT2D eigenvalue weighted by Crippen LogP contribution is 2.26. The van der Waals surface area contributed by atoms with Gasteiger partial charge >= 0.3 is 0 Å². The summed E-state index contributed by atoms with van der Waals surface area (Å²) in [5.41, 5.74) is 6.68. The van der Waals surface area contributed by atoms with Crippen LogP contribution < -0.4 is 5.73 Å². The third-order valence-corrected chi connectivity index (χ3v) is 2.64. The second kappa shape index (κ2) is 4.96. The van der Waals surface area contributed by atoms with Crippen molar-refractivity contribution in [1.82, 2.24) is 0 Å². The second-order valence-electron chi connectivity index (χ2n) is 2.78. The first-order chi connectivity index (χ1) is 6.15. The van der Waals surface area contributed by atoms with Gasteiger partial charge in [-0.1, -0.05) is 27.5 Å². The Balaban J connectivity index is 2.91. The zero-order valence-electron chi connectivity index (χ0n) is 7.00. The molecule has 3 N–H and O–H groups in total. The molecule has 0 aliphatic carbocycles. The third-order valence-electron chi connectivity index (χ3n) is 1.80. The summed E-state index contributed by atoms with van der Waals surface area (Å²) >= 11 is 9.28. The second-order valence-corrected chi connectivity index (χ2v) is 4.11. The minimum atomic E-state index is -0.199. The molecule has 0 aliphatic heterocycles. The van der Waals surface area contributed by atoms with E-state index in [1.54, 1.807) is 6.07 Å². The molecule has 0 unspecified atom stereocenters. The zero-order chi connectivity index (χ0) is 9.84. The first-order valence-electron chi connectivity index (χ1n) is 3.96. The molecule has 0 aromatic heterocycles. The van der Waals surface area contributed by atoms with Crippen LogP contribution in [0.4, 0.5) is 0 Å². The molecule has 1 rings (SSSR count). The summed E-state index contributed by atoms with van der Waals surface area (Å²) < 4.78 is 0.945. The first-order valence-corrected chi connectivity index (χ1v) is 5.13. The van der Waals surface area contributed by atoms with Crippen LogP contribution in [0.25, 0.3) is 0 Å². The number of aliphatic hydroxyl groups excluding tert-OH is 1. The Morgan fingerprint density at radius 3 is 2.85 bits per heavy atom. The summed E-state index contributed by atoms with van der Waals surface area (Å²) in [7, 11) is 0. The number of rotatable bonds is 3. The Morgan fingerprint density at radius 1 is 1.54 bits per heavy atom. The summed E-state index contributed by atoms with van der Waals surface area (Å²) in [5.74, 6) is 0. The van der Waals surface area contributed by atoms with Crippen LogP contribution in [0.2, 0.25) is 5.02 Å². The summed E-state index contributed by atoms with van der Waals surface area (Å²) in [4.78, 5) is 0. The molecule has 0 fully saturated rings. The van der Waals surface area contributed by atoms with Gasteiger partial charge in [-0.25, -0.2) is 0 Å². The highest BCUT2D eigenvalue weighted by atomic mass is 79.9. The van der Waals surface area contributed by atoms with Crippen LogP contribution in [0.5, 0.6) is 0 Å². The van der Waals surface area contributed by atoms with Gasteiger partial charge in [-0.3, -0.25) is 0 Å². The minimum Gasteiger partial charge on any atom is -0.396 e. The van der Waals surface area contributed by atoms with Crippen LogP contribution in [0, 0.1) is 0 Å². The van der Waals surface area contributed by atoms with Crippen molar-refractivity contribution in [3.8, 4) is 0 Å². The van der Waals surface area contributed by atoms with Crippen LogP contribution in [0.3, 0.4) is 0 Å². The number of hydrogen-bond acceptors (Lipinski definition) is 2. The summed E-state index contributed by atoms with van der Waals surface area (Å²) in [5, 5.41) is 9.37. The number of hydrogen-bond donors (Lipinski definition) is 2. The van der Waals surface area contributed by atoms with E-state index >= 15 is 0 Å². The molecule has 0 aliphatic rings. The van der Waals surface area contributed by atoms with Crippen molar-refractivity contribution in [2.45, 2.75) is 12.5 Å². The molecule has 72 valence electrons. The summed E-state index contributed by atoms with van der Waals surface area (Å²) in [6.07, 6.45) is 0.524. The molecule has 13 heavy (non-hydrogen) atoms. The van der Waals surface area contributed by atoms with Gasteiger partial charge in [0.05, 0.1) is 0 Å². The van der Waals surface area contributed by atoms with Crippen LogP contribution in [0.15, 0.2) is 22.7 Å². The molecule has 1 atom stereocenters. The van der Waals surface area contributed by atoms with Gasteiger partial charge in [0.25, 0.3) is 0 Å². The molecular formula is C9H11BrClNO. The maximum Gasteiger partial charge on any atom is 0.0454 e. The quantitative estimate of drug-likeness (QED) is 0.881. The van der Waals surface area contributed by atoms with Gasteiger partial charge in [-0.2, -0.15) is 0 Å². The van der Waals surface area contributed by atoms with Gasteiger partial charge in [0.1, 0.15) is 0 Å². The lowest BCUT2D eigenvalue weighted by Crippen LogP contribution is -2.12. The molecular weight excluding hydrogens is 253 g/mol. The predicted molar refractivity (Wildman–Crippen MR) is 57.8 cm³/mol. The zero-order valence-corrected chi connectivity index (χ0v) is 9.35. The maximum atomic E-state index is 8.72. The van der Waals surface area contributed by atoms with Gasteiger partial charge in [0.2, 0.25) is 0 Å². The van der Waals surface area contributed by atoms with E-state index in [9.17, 15) is 0 Å². The minimum absolute atomic E-state index is 0.0734. The van der Waals surface area contributed by atoms with E-state index in [1.807, 2.05) is 12.1 Å². The molecule has 0 saturated carbocycles. The Kier molecular flexibility index (Phi) is 4.19. The van der Waals surface area contributed by atoms with Crippen LogP contribution in [-0.4, -0.2) is 11.7 Å². The fourth-order valence-corrected chi connectivity index (χ4v) is 1.73. The Hall–Kier alpha value is -0.0900. The van der Waals surface area contributed by atoms with E-state index in [1.165, 1.54) is 0 Å². The number of aliphatic hydroxyl groups is 1. The lowest BCUT2D eigenvalue weighted by Gasteiger charge is -2.12. The molecule has 0 spiro atoms. The largest absolute Gasteiger partial charge is 0.396 e. The Morgan fingerprint density at radius 2 is 2.23 bits per heavy atom. The molecule has 0 amide bonds. The van der Waals surface area contributed by atoms with E-state index in [0.717, 1.165) is 10.0 Å². The molecule has 1 aromatic carbocycles. The van der Waals surface area contributed by atoms with E-state index < -0.39 is 0 Å². The highest BCUT2D eigenvalue weighted by molar-refractivity contribution is 9.10. The predicted octanol–water partition coefficient (Wildman–Crippen LogP) is 2.48. The van der Waals surface area contributed by atoms with Gasteiger partial charge < -0.3 is 10.8 Å². The van der Waals surface area contributed by atoms with Gasteiger partial charge in [-0.15, -0.1) is 0 Å². The maximum absolute atomic E-state index is 8.72. The molecule has 1 aromatic rings. The fourth-order valence-electron chi connectivity index (χ4n) is 1.09. The van der Waals surface area contributed by atoms with Crippen LogP contribution >= 0.6 is 27.5 Å². The van der Waals surface area contributed by atoms with Crippen molar-refractivity contribution >= 4 is 27.5 Å². The van der Waals surface area contributed by atoms with Crippen LogP contribution in [0.1, 0.15) is 18.0 Å². The standard InChI is InChI=1S/C9H11BrClNO/c10-6-1-2-8(11)7(5-6)9(12)3-4-13/h1-2,5,9,13H,3-4,12H2/t9-/m0/s1. The van der Waals surface area contributed by atoms with Crippen molar-refractivity contribution in [2.24, 2.45) is 5.73 Å². The van der Waals surface area contributed by atoms with Gasteiger partial charge in [0.15, 0.2) is 0 Å². The average Bonchev–Trinajstić information content (AvgIpc) is 2.09. The summed E-state index contributed by atoms with van der Waals surface area (Å²) in [6, 6.07) is 5.33. The topological polar surface area (TPSA) is 46.2 Å². The highest BCUT2D eigenvalue weighted by Gasteiger charge is 2.09. The molecule has 0 bridgehead atoms. The molecule has 0 heterocycles. The monoisotopic (exact) mass is 263 g/mol. The fraction of sp³-hybridized carbons (Fsp3) is 0.333. The molecule has 2 nitrogen and oxygen atoms in total. The molecule has 0 radical (unpaired) electrons. The number of nitrogens with two attached hydrogens (primary N) is 1. The van der Waals surface area contributed by atoms with Crippen molar-refractivity contribution in [2.75, 3.05) is 6.61 Å². The third kappa shape index (κ3) is 2.95. The van der Waals surface area contributed by atoms with E-state index in [4.69, 9.17) is 22.4 Å². The first kappa shape index (κ1) is 11.0. The molecule has 4 heteroatoms. The van der Waals surface area contributed by atoms with Crippen LogP contribution in [-0.2, 0) is 0 Å². The average molecular weight is 265 g/mol. The lowest BCUT2D eigenvalue weighted by atomic mass is 10.1. The van der Waals surface area contributed by atoms with Crippen molar-refractivity contribution < 1.29 is 5.11 Å². The Labute approximate surface area is 90.8 Å². The SMILES string of the molecule is N[C@@H](CCO)c1cc(Br)ccc1Cl. The van der Waals surface area contributed by atoms with Crippen molar-refractivity contribution in [1.29, 1.82) is 0 Å². The molecule has 0 saturated heterocycles. The van der Waals surface area contributed by atoms with Gasteiger partial charge in [0, 0.05) is 22.1 Å². The number of halogens is 2. The smallest absolute Gasteiger partial charge is 0.0454 e. The van der Waals surface area contributed by atoms with E-state index in [2.05, 4.69) is 15.9 Å². The van der Waals surface area contributed by atoms with E-state index in [-0.39, 0.29) is 12.6 Å². The van der Waals surface area contributed by atoms with Gasteiger partial charge in [-0.05, 0) is 30.2 Å². The van der Waals surface area contributed by atoms with E-state index in [0.29, 0.717) is 11.4 Å². The lowest BCUT2D eigenvalue weighted by molar-refractivity contribution is 0.276. The Bertz CT molecular complexity index is 293. The number of benzene rings is 1. The van der Waals surface area contributed by atoms with Crippen molar-refractivity contribution in [3.63, 3.8) is 0 Å². The summed E-state index contributed by atoms with van der Waals surface area (Å²) in [6.45, 7) is 0.0734. The normalized spacial score (nSPS) is 12.9. The van der Waals surface area contributed by atoms with Crippen molar-refractivity contribution in [3.05, 3.63) is 33.3 Å².